The number of hydrazine groups is 1. The number of piperazine rings is 1. The third-order valence-electron chi connectivity index (χ3n) is 5.78. The highest BCUT2D eigenvalue weighted by Gasteiger charge is 2.57. The van der Waals surface area contributed by atoms with E-state index in [2.05, 4.69) is 17.4 Å². The second kappa shape index (κ2) is 6.24. The maximum Gasteiger partial charge on any atom is 0.307 e. The molecule has 0 aromatic rings. The predicted octanol–water partition coefficient (Wildman–Crippen LogP) is 0.958. The molecule has 0 spiro atoms. The molecular formula is C17H27N3O3. The predicted molar refractivity (Wildman–Crippen MR) is 86.4 cm³/mol. The summed E-state index contributed by atoms with van der Waals surface area (Å²) in [5.41, 5.74) is 5.42. The summed E-state index contributed by atoms with van der Waals surface area (Å²) in [6.45, 7) is 7.49. The van der Waals surface area contributed by atoms with E-state index in [9.17, 15) is 14.7 Å². The van der Waals surface area contributed by atoms with Gasteiger partial charge >= 0.3 is 5.97 Å². The minimum absolute atomic E-state index is 0.0470. The SMILES string of the molecule is CC(C)=C1[C@H]2CC[C@@H]1[C@@H](C(=O)NN1CCN(C)CC1)[C@@H]2C(=O)O. The van der Waals surface area contributed by atoms with E-state index in [0.717, 1.165) is 39.0 Å². The van der Waals surface area contributed by atoms with Crippen molar-refractivity contribution in [2.24, 2.45) is 23.7 Å². The lowest BCUT2D eigenvalue weighted by Crippen LogP contribution is -2.55. The van der Waals surface area contributed by atoms with E-state index in [1.807, 2.05) is 18.9 Å². The minimum atomic E-state index is -0.825. The van der Waals surface area contributed by atoms with E-state index >= 15 is 0 Å². The molecule has 128 valence electrons. The molecule has 6 heteroatoms. The average Bonchev–Trinajstić information content (AvgIpc) is 3.05. The summed E-state index contributed by atoms with van der Waals surface area (Å²) >= 11 is 0. The molecule has 1 aliphatic heterocycles. The lowest BCUT2D eigenvalue weighted by Gasteiger charge is -2.34. The van der Waals surface area contributed by atoms with Crippen LogP contribution in [0.3, 0.4) is 0 Å². The van der Waals surface area contributed by atoms with Gasteiger partial charge in [-0.05, 0) is 45.6 Å². The van der Waals surface area contributed by atoms with E-state index in [4.69, 9.17) is 0 Å². The van der Waals surface area contributed by atoms with Crippen LogP contribution in [0.15, 0.2) is 11.1 Å². The first-order chi connectivity index (χ1) is 10.9. The quantitative estimate of drug-likeness (QED) is 0.758. The number of carbonyl (C=O) groups excluding carboxylic acids is 1. The van der Waals surface area contributed by atoms with Gasteiger partial charge in [0, 0.05) is 26.2 Å². The third kappa shape index (κ3) is 2.90. The molecular weight excluding hydrogens is 294 g/mol. The van der Waals surface area contributed by atoms with Crippen LogP contribution >= 0.6 is 0 Å². The molecule has 2 N–H and O–H groups in total. The number of likely N-dealkylation sites (N-methyl/N-ethyl adjacent to an activating group) is 1. The monoisotopic (exact) mass is 321 g/mol. The summed E-state index contributed by atoms with van der Waals surface area (Å²) in [6.07, 6.45) is 1.84. The van der Waals surface area contributed by atoms with Gasteiger partial charge in [0.15, 0.2) is 0 Å². The van der Waals surface area contributed by atoms with Crippen molar-refractivity contribution >= 4 is 11.9 Å². The Hall–Kier alpha value is -1.40. The minimum Gasteiger partial charge on any atom is -0.481 e. The van der Waals surface area contributed by atoms with Crippen LogP contribution in [0.2, 0.25) is 0 Å². The van der Waals surface area contributed by atoms with Crippen molar-refractivity contribution in [2.75, 3.05) is 33.2 Å². The second-order valence-electron chi connectivity index (χ2n) is 7.40. The fourth-order valence-corrected chi connectivity index (χ4v) is 4.75. The number of hydrogen-bond donors (Lipinski definition) is 2. The molecule has 0 aromatic carbocycles. The number of carbonyl (C=O) groups is 2. The summed E-state index contributed by atoms with van der Waals surface area (Å²) in [5, 5.41) is 11.6. The molecule has 1 saturated heterocycles. The highest BCUT2D eigenvalue weighted by Crippen LogP contribution is 2.57. The van der Waals surface area contributed by atoms with Crippen LogP contribution in [0, 0.1) is 23.7 Å². The zero-order valence-electron chi connectivity index (χ0n) is 14.2. The largest absolute Gasteiger partial charge is 0.481 e. The van der Waals surface area contributed by atoms with Crippen molar-refractivity contribution in [1.29, 1.82) is 0 Å². The van der Waals surface area contributed by atoms with Crippen LogP contribution in [-0.2, 0) is 9.59 Å². The fourth-order valence-electron chi connectivity index (χ4n) is 4.75. The number of nitrogens with one attached hydrogen (secondary N) is 1. The molecule has 23 heavy (non-hydrogen) atoms. The molecule has 3 fully saturated rings. The Bertz CT molecular complexity index is 533. The fraction of sp³-hybridized carbons (Fsp3) is 0.765. The Morgan fingerprint density at radius 3 is 2.13 bits per heavy atom. The van der Waals surface area contributed by atoms with Gasteiger partial charge in [-0.3, -0.25) is 15.0 Å². The maximum atomic E-state index is 12.8. The lowest BCUT2D eigenvalue weighted by atomic mass is 9.79. The van der Waals surface area contributed by atoms with Crippen LogP contribution in [0.25, 0.3) is 0 Å². The maximum absolute atomic E-state index is 12.8. The molecule has 4 atom stereocenters. The number of carboxylic acids is 1. The van der Waals surface area contributed by atoms with Gasteiger partial charge in [0.2, 0.25) is 5.91 Å². The summed E-state index contributed by atoms with van der Waals surface area (Å²) in [7, 11) is 2.07. The Labute approximate surface area is 137 Å². The van der Waals surface area contributed by atoms with Crippen molar-refractivity contribution in [2.45, 2.75) is 26.7 Å². The van der Waals surface area contributed by atoms with Crippen LogP contribution in [0.1, 0.15) is 26.7 Å². The summed E-state index contributed by atoms with van der Waals surface area (Å²) in [5.74, 6) is -1.76. The van der Waals surface area contributed by atoms with Crippen molar-refractivity contribution in [1.82, 2.24) is 15.3 Å². The number of hydrogen-bond acceptors (Lipinski definition) is 4. The first-order valence-corrected chi connectivity index (χ1v) is 8.54. The Morgan fingerprint density at radius 2 is 1.61 bits per heavy atom. The Kier molecular flexibility index (Phi) is 4.47. The number of fused-ring (bicyclic) bond motifs is 2. The summed E-state index contributed by atoms with van der Waals surface area (Å²) in [4.78, 5) is 26.8. The van der Waals surface area contributed by atoms with Gasteiger partial charge in [-0.2, -0.15) is 0 Å². The molecule has 1 amide bonds. The topological polar surface area (TPSA) is 72.9 Å². The first-order valence-electron chi connectivity index (χ1n) is 8.54. The van der Waals surface area contributed by atoms with E-state index in [-0.39, 0.29) is 17.7 Å². The van der Waals surface area contributed by atoms with Crippen LogP contribution in [-0.4, -0.2) is 60.1 Å². The van der Waals surface area contributed by atoms with Crippen LogP contribution in [0.4, 0.5) is 0 Å². The van der Waals surface area contributed by atoms with Gasteiger partial charge < -0.3 is 10.0 Å². The van der Waals surface area contributed by atoms with Crippen molar-refractivity contribution in [3.05, 3.63) is 11.1 Å². The van der Waals surface area contributed by atoms with Crippen molar-refractivity contribution < 1.29 is 14.7 Å². The number of allylic oxidation sites excluding steroid dienone is 2. The van der Waals surface area contributed by atoms with E-state index < -0.39 is 17.8 Å². The molecule has 1 heterocycles. The van der Waals surface area contributed by atoms with E-state index in [1.165, 1.54) is 11.1 Å². The molecule has 6 nitrogen and oxygen atoms in total. The normalized spacial score (nSPS) is 34.7. The van der Waals surface area contributed by atoms with Crippen molar-refractivity contribution in [3.63, 3.8) is 0 Å². The molecule has 3 aliphatic rings. The summed E-state index contributed by atoms with van der Waals surface area (Å²) < 4.78 is 0. The van der Waals surface area contributed by atoms with Crippen molar-refractivity contribution in [3.8, 4) is 0 Å². The number of aliphatic carboxylic acids is 1. The zero-order valence-corrected chi connectivity index (χ0v) is 14.2. The van der Waals surface area contributed by atoms with Gasteiger partial charge in [0.1, 0.15) is 0 Å². The van der Waals surface area contributed by atoms with Gasteiger partial charge in [0.25, 0.3) is 0 Å². The number of rotatable bonds is 3. The third-order valence-corrected chi connectivity index (χ3v) is 5.78. The van der Waals surface area contributed by atoms with Gasteiger partial charge in [-0.25, -0.2) is 5.01 Å². The Balaban J connectivity index is 1.76. The highest BCUT2D eigenvalue weighted by atomic mass is 16.4. The average molecular weight is 321 g/mol. The van der Waals surface area contributed by atoms with Crippen LogP contribution < -0.4 is 5.43 Å². The number of nitrogens with zero attached hydrogens (tertiary/aromatic N) is 2. The van der Waals surface area contributed by atoms with Crippen LogP contribution in [0.5, 0.6) is 0 Å². The van der Waals surface area contributed by atoms with E-state index in [1.54, 1.807) is 0 Å². The first kappa shape index (κ1) is 16.5. The second-order valence-corrected chi connectivity index (χ2v) is 7.40. The smallest absolute Gasteiger partial charge is 0.307 e. The molecule has 2 aliphatic carbocycles. The molecule has 2 bridgehead atoms. The Morgan fingerprint density at radius 1 is 1.04 bits per heavy atom. The highest BCUT2D eigenvalue weighted by molar-refractivity contribution is 5.87. The molecule has 3 rings (SSSR count). The number of carboxylic acid groups (broad SMARTS) is 1. The summed E-state index contributed by atoms with van der Waals surface area (Å²) in [6, 6.07) is 0. The zero-order chi connectivity index (χ0) is 16.7. The van der Waals surface area contributed by atoms with Gasteiger partial charge in [-0.15, -0.1) is 0 Å². The molecule has 0 radical (unpaired) electrons. The van der Waals surface area contributed by atoms with Gasteiger partial charge in [0.05, 0.1) is 11.8 Å². The lowest BCUT2D eigenvalue weighted by molar-refractivity contribution is -0.151. The number of amides is 1. The van der Waals surface area contributed by atoms with E-state index in [0.29, 0.717) is 0 Å². The standard InChI is InChI=1S/C17H27N3O3/c1-10(2)13-11-4-5-12(13)15(17(22)23)14(11)16(21)18-20-8-6-19(3)7-9-20/h11-12,14-15H,4-9H2,1-3H3,(H,18,21)(H,22,23)/t11-,12+,14+,15+/m0/s1. The molecule has 0 unspecified atom stereocenters. The van der Waals surface area contributed by atoms with Gasteiger partial charge in [-0.1, -0.05) is 11.1 Å². The molecule has 2 saturated carbocycles. The molecule has 0 aromatic heterocycles.